The third-order valence-corrected chi connectivity index (χ3v) is 5.95. The number of nitrogens with two attached hydrogens (primary N) is 1. The molecular weight excluding hydrogens is 405 g/mol. The largest absolute Gasteiger partial charge is 0.497 e. The zero-order valence-corrected chi connectivity index (χ0v) is 17.0. The van der Waals surface area contributed by atoms with Crippen molar-refractivity contribution in [2.24, 2.45) is 10.2 Å². The molecule has 154 valence electrons. The Balaban J connectivity index is 1.73. The average Bonchev–Trinajstić information content (AvgIpc) is 3.19. The van der Waals surface area contributed by atoms with E-state index in [4.69, 9.17) is 15.0 Å². The highest BCUT2D eigenvalue weighted by Gasteiger charge is 2.30. The van der Waals surface area contributed by atoms with Crippen LogP contribution in [0.15, 0.2) is 82.8 Å². The van der Waals surface area contributed by atoms with Crippen LogP contribution in [0.5, 0.6) is 5.75 Å². The van der Waals surface area contributed by atoms with Crippen LogP contribution >= 0.6 is 0 Å². The van der Waals surface area contributed by atoms with Crippen LogP contribution in [0.3, 0.4) is 0 Å². The van der Waals surface area contributed by atoms with Crippen molar-refractivity contribution in [3.05, 3.63) is 89.7 Å². The monoisotopic (exact) mass is 425 g/mol. The molecule has 3 aromatic carbocycles. The zero-order chi connectivity index (χ0) is 21.3. The van der Waals surface area contributed by atoms with E-state index in [1.165, 1.54) is 24.3 Å². The van der Waals surface area contributed by atoms with Gasteiger partial charge in [-0.1, -0.05) is 12.1 Å². The van der Waals surface area contributed by atoms with Gasteiger partial charge in [-0.05, 0) is 71.8 Å². The molecule has 0 spiro atoms. The summed E-state index contributed by atoms with van der Waals surface area (Å²) in [6.45, 7) is 0. The molecule has 1 atom stereocenters. The molecule has 0 aliphatic carbocycles. The number of hydrogen-bond donors (Lipinski definition) is 1. The molecule has 6 nitrogen and oxygen atoms in total. The van der Waals surface area contributed by atoms with Gasteiger partial charge in [0.1, 0.15) is 11.6 Å². The number of rotatable bonds is 5. The highest BCUT2D eigenvalue weighted by Crippen LogP contribution is 2.37. The van der Waals surface area contributed by atoms with Gasteiger partial charge in [-0.2, -0.15) is 5.10 Å². The van der Waals surface area contributed by atoms with Gasteiger partial charge in [-0.3, -0.25) is 5.01 Å². The smallest absolute Gasteiger partial charge is 0.238 e. The van der Waals surface area contributed by atoms with E-state index in [0.29, 0.717) is 12.1 Å². The van der Waals surface area contributed by atoms with Gasteiger partial charge in [0.05, 0.1) is 29.4 Å². The van der Waals surface area contributed by atoms with Gasteiger partial charge in [0.15, 0.2) is 0 Å². The van der Waals surface area contributed by atoms with Crippen molar-refractivity contribution in [1.82, 2.24) is 0 Å². The first-order chi connectivity index (χ1) is 14.3. The summed E-state index contributed by atoms with van der Waals surface area (Å²) in [7, 11) is -2.17. The highest BCUT2D eigenvalue weighted by atomic mass is 32.2. The fourth-order valence-electron chi connectivity index (χ4n) is 3.44. The molecule has 2 N–H and O–H groups in total. The Hall–Kier alpha value is -3.23. The van der Waals surface area contributed by atoms with Gasteiger partial charge in [0, 0.05) is 6.42 Å². The first kappa shape index (κ1) is 20.1. The molecule has 1 aliphatic heterocycles. The number of anilines is 1. The number of primary sulfonamides is 1. The molecule has 0 saturated heterocycles. The van der Waals surface area contributed by atoms with E-state index in [2.05, 4.69) is 0 Å². The first-order valence-electron chi connectivity index (χ1n) is 9.24. The number of nitrogens with zero attached hydrogens (tertiary/aromatic N) is 2. The number of methoxy groups -OCH3 is 1. The number of ether oxygens (including phenoxy) is 1. The highest BCUT2D eigenvalue weighted by molar-refractivity contribution is 7.89. The van der Waals surface area contributed by atoms with E-state index >= 15 is 0 Å². The fraction of sp³-hybridized carbons (Fsp3) is 0.136. The molecule has 0 bridgehead atoms. The van der Waals surface area contributed by atoms with E-state index in [9.17, 15) is 12.8 Å². The zero-order valence-electron chi connectivity index (χ0n) is 16.2. The van der Waals surface area contributed by atoms with E-state index in [0.717, 1.165) is 22.6 Å². The third kappa shape index (κ3) is 4.05. The van der Waals surface area contributed by atoms with Crippen molar-refractivity contribution >= 4 is 21.4 Å². The van der Waals surface area contributed by atoms with Crippen LogP contribution in [0.2, 0.25) is 0 Å². The summed E-state index contributed by atoms with van der Waals surface area (Å²) in [5, 5.41) is 11.8. The van der Waals surface area contributed by atoms with Crippen LogP contribution in [0.4, 0.5) is 10.1 Å². The Bertz CT molecular complexity index is 1180. The summed E-state index contributed by atoms with van der Waals surface area (Å²) in [5.41, 5.74) is 3.42. The molecule has 0 amide bonds. The second-order valence-corrected chi connectivity index (χ2v) is 8.49. The van der Waals surface area contributed by atoms with Crippen LogP contribution in [0.1, 0.15) is 23.6 Å². The summed E-state index contributed by atoms with van der Waals surface area (Å²) in [6, 6.07) is 20.0. The Morgan fingerprint density at radius 1 is 1.00 bits per heavy atom. The third-order valence-electron chi connectivity index (χ3n) is 5.02. The molecule has 3 aromatic rings. The van der Waals surface area contributed by atoms with Gasteiger partial charge >= 0.3 is 0 Å². The Labute approximate surface area is 174 Å². The Kier molecular flexibility index (Phi) is 5.27. The Morgan fingerprint density at radius 3 is 2.20 bits per heavy atom. The maximum Gasteiger partial charge on any atom is 0.238 e. The van der Waals surface area contributed by atoms with Crippen molar-refractivity contribution in [2.75, 3.05) is 12.1 Å². The van der Waals surface area contributed by atoms with Crippen LogP contribution in [0.25, 0.3) is 0 Å². The molecule has 4 rings (SSSR count). The number of benzene rings is 3. The molecule has 30 heavy (non-hydrogen) atoms. The minimum Gasteiger partial charge on any atom is -0.497 e. The SMILES string of the molecule is COc1ccc(C2=NN(c3ccc(S(N)(=O)=O)cc3)[C@@H](c3ccc(F)cc3)C2)cc1. The summed E-state index contributed by atoms with van der Waals surface area (Å²) in [6.07, 6.45) is 0.606. The van der Waals surface area contributed by atoms with Crippen molar-refractivity contribution in [2.45, 2.75) is 17.4 Å². The minimum atomic E-state index is -3.78. The van der Waals surface area contributed by atoms with E-state index in [1.807, 2.05) is 29.3 Å². The van der Waals surface area contributed by atoms with Crippen LogP contribution in [-0.2, 0) is 10.0 Å². The summed E-state index contributed by atoms with van der Waals surface area (Å²) in [4.78, 5) is 0.0307. The topological polar surface area (TPSA) is 85.0 Å². The lowest BCUT2D eigenvalue weighted by Gasteiger charge is -2.24. The minimum absolute atomic E-state index is 0.0307. The molecule has 0 radical (unpaired) electrons. The van der Waals surface area contributed by atoms with Gasteiger partial charge in [-0.25, -0.2) is 17.9 Å². The van der Waals surface area contributed by atoms with Crippen LogP contribution in [0, 0.1) is 5.82 Å². The van der Waals surface area contributed by atoms with Crippen molar-refractivity contribution < 1.29 is 17.5 Å². The fourth-order valence-corrected chi connectivity index (χ4v) is 3.95. The van der Waals surface area contributed by atoms with Gasteiger partial charge < -0.3 is 4.74 Å². The predicted molar refractivity (Wildman–Crippen MR) is 114 cm³/mol. The molecule has 0 aromatic heterocycles. The van der Waals surface area contributed by atoms with Crippen LogP contribution < -0.4 is 14.9 Å². The number of halogens is 1. The lowest BCUT2D eigenvalue weighted by Crippen LogP contribution is -2.19. The number of hydrazone groups is 1. The van der Waals surface area contributed by atoms with Gasteiger partial charge in [0.25, 0.3) is 0 Å². The van der Waals surface area contributed by atoms with Crippen molar-refractivity contribution in [3.8, 4) is 5.75 Å². The van der Waals surface area contributed by atoms with Crippen LogP contribution in [-0.4, -0.2) is 21.2 Å². The first-order valence-corrected chi connectivity index (χ1v) is 10.8. The molecule has 0 unspecified atom stereocenters. The van der Waals surface area contributed by atoms with Gasteiger partial charge in [-0.15, -0.1) is 0 Å². The second kappa shape index (κ2) is 7.89. The molecule has 0 saturated carbocycles. The molecular formula is C22H20FN3O3S. The summed E-state index contributed by atoms with van der Waals surface area (Å²) >= 11 is 0. The molecule has 1 heterocycles. The number of hydrogen-bond acceptors (Lipinski definition) is 5. The Morgan fingerprint density at radius 2 is 1.63 bits per heavy atom. The van der Waals surface area contributed by atoms with Crippen molar-refractivity contribution in [1.29, 1.82) is 0 Å². The molecule has 1 aliphatic rings. The number of sulfonamides is 1. The van der Waals surface area contributed by atoms with Crippen molar-refractivity contribution in [3.63, 3.8) is 0 Å². The quantitative estimate of drug-likeness (QED) is 0.673. The van der Waals surface area contributed by atoms with E-state index in [1.54, 1.807) is 31.4 Å². The molecule has 8 heteroatoms. The summed E-state index contributed by atoms with van der Waals surface area (Å²) < 4.78 is 41.8. The lowest BCUT2D eigenvalue weighted by molar-refractivity contribution is 0.415. The maximum absolute atomic E-state index is 13.4. The van der Waals surface area contributed by atoms with Gasteiger partial charge in [0.2, 0.25) is 10.0 Å². The molecule has 0 fully saturated rings. The maximum atomic E-state index is 13.4. The normalized spacial score (nSPS) is 16.4. The van der Waals surface area contributed by atoms with E-state index < -0.39 is 10.0 Å². The average molecular weight is 425 g/mol. The van der Waals surface area contributed by atoms with E-state index in [-0.39, 0.29) is 16.8 Å². The predicted octanol–water partition coefficient (Wildman–Crippen LogP) is 3.84. The standard InChI is InChI=1S/C22H20FN3O3S/c1-29-19-10-4-15(5-11-19)21-14-22(16-2-6-17(23)7-3-16)26(25-21)18-8-12-20(13-9-18)30(24,27)28/h2-13,22H,14H2,1H3,(H2,24,27,28)/t22-/m1/s1. The summed E-state index contributed by atoms with van der Waals surface area (Å²) in [5.74, 6) is 0.444. The lowest BCUT2D eigenvalue weighted by atomic mass is 9.98. The second-order valence-electron chi connectivity index (χ2n) is 6.93.